The summed E-state index contributed by atoms with van der Waals surface area (Å²) in [7, 11) is 0. The number of nitrogens with two attached hydrogens (primary N) is 1. The van der Waals surface area contributed by atoms with Crippen molar-refractivity contribution in [1.82, 2.24) is 10.2 Å². The number of rotatable bonds is 2. The van der Waals surface area contributed by atoms with Crippen molar-refractivity contribution in [3.05, 3.63) is 12.3 Å². The lowest BCUT2D eigenvalue weighted by atomic mass is 10.6. The van der Waals surface area contributed by atoms with E-state index in [0.29, 0.717) is 12.5 Å². The van der Waals surface area contributed by atoms with Crippen LogP contribution < -0.4 is 11.1 Å². The van der Waals surface area contributed by atoms with Gasteiger partial charge in [-0.25, -0.2) is 0 Å². The van der Waals surface area contributed by atoms with E-state index in [0.717, 1.165) is 5.82 Å². The second-order valence-corrected chi connectivity index (χ2v) is 1.95. The zero-order chi connectivity index (χ0) is 8.10. The third-order valence-electron chi connectivity index (χ3n) is 1.09. The molecule has 0 aliphatic carbocycles. The van der Waals surface area contributed by atoms with Crippen molar-refractivity contribution >= 4 is 11.8 Å². The van der Waals surface area contributed by atoms with Crippen molar-refractivity contribution in [2.24, 2.45) is 10.7 Å². The summed E-state index contributed by atoms with van der Waals surface area (Å²) in [5.41, 5.74) is 5.47. The second kappa shape index (κ2) is 3.60. The van der Waals surface area contributed by atoms with Crippen LogP contribution in [0.2, 0.25) is 0 Å². The maximum atomic E-state index is 5.47. The van der Waals surface area contributed by atoms with Crippen LogP contribution in [0.25, 0.3) is 0 Å². The third kappa shape index (κ3) is 2.29. The van der Waals surface area contributed by atoms with E-state index >= 15 is 0 Å². The molecule has 5 nitrogen and oxygen atoms in total. The number of nitrogens with one attached hydrogen (secondary N) is 2. The van der Waals surface area contributed by atoms with Crippen molar-refractivity contribution in [3.8, 4) is 0 Å². The van der Waals surface area contributed by atoms with E-state index in [9.17, 15) is 0 Å². The fraction of sp³-hybridized carbons (Fsp3) is 0.333. The van der Waals surface area contributed by atoms with Gasteiger partial charge in [0.15, 0.2) is 5.96 Å². The lowest BCUT2D eigenvalue weighted by Crippen LogP contribution is -2.22. The molecule has 0 amide bonds. The second-order valence-electron chi connectivity index (χ2n) is 1.95. The van der Waals surface area contributed by atoms with Gasteiger partial charge in [-0.1, -0.05) is 0 Å². The molecule has 0 aliphatic rings. The fourth-order valence-electron chi connectivity index (χ4n) is 0.673. The van der Waals surface area contributed by atoms with Crippen LogP contribution in [0.15, 0.2) is 17.3 Å². The van der Waals surface area contributed by atoms with E-state index in [1.807, 2.05) is 6.92 Å². The first-order chi connectivity index (χ1) is 5.33. The van der Waals surface area contributed by atoms with E-state index in [2.05, 4.69) is 20.5 Å². The molecule has 1 aromatic heterocycles. The van der Waals surface area contributed by atoms with Gasteiger partial charge in [-0.15, -0.1) is 0 Å². The van der Waals surface area contributed by atoms with Crippen LogP contribution in [0.5, 0.6) is 0 Å². The molecule has 0 aliphatic heterocycles. The number of aromatic nitrogens is 2. The molecule has 5 heteroatoms. The standard InChI is InChI=1S/C6H11N5/c1-2-8-6(7)10-5-3-4-9-11-5/h3-4H,2H2,1H3,(H4,7,8,9,10,11). The number of guanidine groups is 1. The predicted octanol–water partition coefficient (Wildman–Crippen LogP) is 0.156. The molecule has 0 radical (unpaired) electrons. The van der Waals surface area contributed by atoms with Crippen LogP contribution in [-0.2, 0) is 0 Å². The number of hydrogen-bond acceptors (Lipinski definition) is 2. The highest BCUT2D eigenvalue weighted by Gasteiger charge is 1.92. The molecule has 1 aromatic rings. The summed E-state index contributed by atoms with van der Waals surface area (Å²) >= 11 is 0. The Bertz CT molecular complexity index is 225. The monoisotopic (exact) mass is 153 g/mol. The lowest BCUT2D eigenvalue weighted by Gasteiger charge is -1.99. The highest BCUT2D eigenvalue weighted by Crippen LogP contribution is 1.96. The predicted molar refractivity (Wildman–Crippen MR) is 44.4 cm³/mol. The zero-order valence-corrected chi connectivity index (χ0v) is 6.33. The molecule has 0 saturated heterocycles. The summed E-state index contributed by atoms with van der Waals surface area (Å²) in [6.07, 6.45) is 1.64. The van der Waals surface area contributed by atoms with Gasteiger partial charge in [0.05, 0.1) is 6.20 Å². The fourth-order valence-corrected chi connectivity index (χ4v) is 0.673. The van der Waals surface area contributed by atoms with Gasteiger partial charge in [-0.2, -0.15) is 5.10 Å². The van der Waals surface area contributed by atoms with Gasteiger partial charge in [-0.3, -0.25) is 10.1 Å². The van der Waals surface area contributed by atoms with Crippen LogP contribution in [0.3, 0.4) is 0 Å². The first-order valence-corrected chi connectivity index (χ1v) is 3.39. The molecule has 1 heterocycles. The highest BCUT2D eigenvalue weighted by molar-refractivity contribution is 5.91. The number of aliphatic imine (C=N–C) groups is 1. The van der Waals surface area contributed by atoms with Gasteiger partial charge in [-0.05, 0) is 6.92 Å². The topological polar surface area (TPSA) is 79.1 Å². The molecule has 0 saturated carbocycles. The Kier molecular flexibility index (Phi) is 2.48. The normalized spacial score (nSPS) is 11.5. The molecule has 60 valence electrons. The minimum absolute atomic E-state index is 0.400. The smallest absolute Gasteiger partial charge is 0.194 e. The van der Waals surface area contributed by atoms with E-state index in [1.165, 1.54) is 0 Å². The summed E-state index contributed by atoms with van der Waals surface area (Å²) in [6, 6.07) is 1.78. The lowest BCUT2D eigenvalue weighted by molar-refractivity contribution is 1.09. The molecule has 1 rings (SSSR count). The van der Waals surface area contributed by atoms with Crippen LogP contribution >= 0.6 is 0 Å². The van der Waals surface area contributed by atoms with Gasteiger partial charge in [0.25, 0.3) is 0 Å². The Morgan fingerprint density at radius 2 is 2.73 bits per heavy atom. The number of hydrogen-bond donors (Lipinski definition) is 3. The number of anilines is 1. The minimum Gasteiger partial charge on any atom is -0.370 e. The molecular weight excluding hydrogens is 142 g/mol. The third-order valence-corrected chi connectivity index (χ3v) is 1.09. The number of aromatic amines is 1. The largest absolute Gasteiger partial charge is 0.370 e. The molecule has 0 aromatic carbocycles. The molecule has 0 spiro atoms. The van der Waals surface area contributed by atoms with Gasteiger partial charge in [0.1, 0.15) is 5.82 Å². The van der Waals surface area contributed by atoms with E-state index in [4.69, 9.17) is 5.73 Å². The number of H-pyrrole nitrogens is 1. The summed E-state index contributed by atoms with van der Waals surface area (Å²) < 4.78 is 0. The van der Waals surface area contributed by atoms with Crippen LogP contribution in [0.1, 0.15) is 6.92 Å². The van der Waals surface area contributed by atoms with Crippen molar-refractivity contribution in [1.29, 1.82) is 0 Å². The van der Waals surface area contributed by atoms with Crippen molar-refractivity contribution in [2.45, 2.75) is 6.92 Å². The summed E-state index contributed by atoms with van der Waals surface area (Å²) in [5.74, 6) is 1.15. The van der Waals surface area contributed by atoms with Crippen LogP contribution in [0.4, 0.5) is 5.82 Å². The highest BCUT2D eigenvalue weighted by atomic mass is 15.2. The summed E-state index contributed by atoms with van der Waals surface area (Å²) in [4.78, 5) is 3.94. The summed E-state index contributed by atoms with van der Waals surface area (Å²) in [5, 5.41) is 9.27. The Hall–Kier alpha value is -1.52. The average molecular weight is 153 g/mol. The molecule has 0 bridgehead atoms. The molecule has 0 unspecified atom stereocenters. The SMILES string of the molecule is CCN=C(N)Nc1ccn[nH]1. The van der Waals surface area contributed by atoms with Gasteiger partial charge in [0, 0.05) is 12.6 Å². The van der Waals surface area contributed by atoms with Crippen molar-refractivity contribution in [3.63, 3.8) is 0 Å². The zero-order valence-electron chi connectivity index (χ0n) is 6.33. The van der Waals surface area contributed by atoms with Gasteiger partial charge < -0.3 is 11.1 Å². The molecule has 11 heavy (non-hydrogen) atoms. The van der Waals surface area contributed by atoms with Gasteiger partial charge in [0.2, 0.25) is 0 Å². The maximum Gasteiger partial charge on any atom is 0.194 e. The Morgan fingerprint density at radius 3 is 3.27 bits per heavy atom. The minimum atomic E-state index is 0.400. The van der Waals surface area contributed by atoms with E-state index in [-0.39, 0.29) is 0 Å². The molecular formula is C6H11N5. The van der Waals surface area contributed by atoms with E-state index in [1.54, 1.807) is 12.3 Å². The Labute approximate surface area is 64.7 Å². The maximum absolute atomic E-state index is 5.47. The molecule has 0 fully saturated rings. The van der Waals surface area contributed by atoms with Crippen molar-refractivity contribution in [2.75, 3.05) is 11.9 Å². The first kappa shape index (κ1) is 7.59. The van der Waals surface area contributed by atoms with Crippen LogP contribution in [-0.4, -0.2) is 22.7 Å². The molecule has 4 N–H and O–H groups in total. The van der Waals surface area contributed by atoms with Crippen LogP contribution in [0, 0.1) is 0 Å². The average Bonchev–Trinajstić information content (AvgIpc) is 2.40. The van der Waals surface area contributed by atoms with E-state index < -0.39 is 0 Å². The first-order valence-electron chi connectivity index (χ1n) is 3.39. The number of nitrogens with zero attached hydrogens (tertiary/aromatic N) is 2. The Balaban J connectivity index is 2.50. The summed E-state index contributed by atoms with van der Waals surface area (Å²) in [6.45, 7) is 2.59. The quantitative estimate of drug-likeness (QED) is 0.418. The Morgan fingerprint density at radius 1 is 1.91 bits per heavy atom. The van der Waals surface area contributed by atoms with Gasteiger partial charge >= 0.3 is 0 Å². The van der Waals surface area contributed by atoms with Crippen molar-refractivity contribution < 1.29 is 0 Å². The molecule has 0 atom stereocenters.